The van der Waals surface area contributed by atoms with Gasteiger partial charge in [0.25, 0.3) is 0 Å². The van der Waals surface area contributed by atoms with E-state index in [2.05, 4.69) is 51.4 Å². The summed E-state index contributed by atoms with van der Waals surface area (Å²) in [5.74, 6) is 2.19. The Balaban J connectivity index is 1.78. The average Bonchev–Trinajstić information content (AvgIpc) is 3.39. The van der Waals surface area contributed by atoms with Crippen molar-refractivity contribution < 1.29 is 10.2 Å². The maximum Gasteiger partial charge on any atom is 0.115 e. The number of hydrogen-bond donors (Lipinski definition) is 2. The molecule has 0 heterocycles. The Kier molecular flexibility index (Phi) is 6.04. The van der Waals surface area contributed by atoms with Gasteiger partial charge in [-0.3, -0.25) is 0 Å². The van der Waals surface area contributed by atoms with E-state index in [0.717, 1.165) is 29.5 Å². The first kappa shape index (κ1) is 19.1. The van der Waals surface area contributed by atoms with Gasteiger partial charge in [-0.1, -0.05) is 29.8 Å². The second-order valence-corrected chi connectivity index (χ2v) is 7.18. The van der Waals surface area contributed by atoms with E-state index in [0.29, 0.717) is 5.92 Å². The van der Waals surface area contributed by atoms with E-state index >= 15 is 0 Å². The zero-order valence-corrected chi connectivity index (χ0v) is 15.6. The van der Waals surface area contributed by atoms with Crippen molar-refractivity contribution in [2.45, 2.75) is 12.8 Å². The number of phenols is 2. The monoisotopic (exact) mass is 367 g/mol. The Labute approximate surface area is 168 Å². The van der Waals surface area contributed by atoms with Crippen molar-refractivity contribution in [3.63, 3.8) is 0 Å². The Morgan fingerprint density at radius 2 is 1.18 bits per heavy atom. The molecule has 28 heavy (non-hydrogen) atoms. The third kappa shape index (κ3) is 4.60. The van der Waals surface area contributed by atoms with Gasteiger partial charge in [-0.15, -0.1) is 0 Å². The van der Waals surface area contributed by atoms with E-state index in [1.54, 1.807) is 24.3 Å². The highest BCUT2D eigenvalue weighted by molar-refractivity contribution is 5.83. The van der Waals surface area contributed by atoms with Gasteiger partial charge in [-0.2, -0.15) is 0 Å². The molecule has 0 aromatic heterocycles. The van der Waals surface area contributed by atoms with E-state index in [9.17, 15) is 10.2 Å². The molecular weight excluding hydrogens is 344 g/mol. The molecule has 0 spiro atoms. The molecule has 2 N–H and O–H groups in total. The summed E-state index contributed by atoms with van der Waals surface area (Å²) >= 11 is 0. The van der Waals surface area contributed by atoms with E-state index in [-0.39, 0.29) is 11.5 Å². The summed E-state index contributed by atoms with van der Waals surface area (Å²) in [6.45, 7) is 0. The van der Waals surface area contributed by atoms with Gasteiger partial charge in [0.15, 0.2) is 0 Å². The van der Waals surface area contributed by atoms with Gasteiger partial charge in [-0.25, -0.2) is 0 Å². The molecule has 0 atom stereocenters. The number of rotatable bonds is 6. The fraction of sp³-hybridized carbons (Fsp3) is 0.115. The maximum atomic E-state index is 9.75. The van der Waals surface area contributed by atoms with Crippen LogP contribution in [0.5, 0.6) is 11.5 Å². The summed E-state index contributed by atoms with van der Waals surface area (Å²) in [4.78, 5) is 0. The van der Waals surface area contributed by atoms with Crippen molar-refractivity contribution in [1.29, 1.82) is 0 Å². The molecule has 0 amide bonds. The minimum Gasteiger partial charge on any atom is -0.508 e. The summed E-state index contributed by atoms with van der Waals surface area (Å²) in [6.07, 6.45) is 18.9. The van der Waals surface area contributed by atoms with E-state index < -0.39 is 0 Å². The molecule has 0 aliphatic heterocycles. The van der Waals surface area contributed by atoms with Crippen LogP contribution < -0.4 is 0 Å². The lowest BCUT2D eigenvalue weighted by Gasteiger charge is -2.22. The Hall–Kier alpha value is -2.22. The summed E-state index contributed by atoms with van der Waals surface area (Å²) in [7, 11) is 0. The molecule has 0 bridgehead atoms. The van der Waals surface area contributed by atoms with Crippen LogP contribution in [0.15, 0.2) is 54.1 Å². The zero-order valence-electron chi connectivity index (χ0n) is 15.6. The SMILES string of the molecule is Oc1ccc(C(=C(C[C]2[CH][CH][CH][CH]2)CC2[CH][CH][CH][CH]2)c2ccc(O)cc2)cc1. The van der Waals surface area contributed by atoms with Crippen LogP contribution in [0.3, 0.4) is 0 Å². The number of phenolic OH excluding ortho intramolecular Hbond substituents is 2. The van der Waals surface area contributed by atoms with E-state index in [1.807, 2.05) is 24.3 Å². The first-order valence-electron chi connectivity index (χ1n) is 9.55. The van der Waals surface area contributed by atoms with Crippen LogP contribution in [0.25, 0.3) is 5.57 Å². The second-order valence-electron chi connectivity index (χ2n) is 7.18. The molecule has 2 aromatic carbocycles. The average molecular weight is 367 g/mol. The standard InChI is InChI=1S/C26H23O2/c27-24-13-9-21(10-14-24)26(22-11-15-25(28)16-12-22)23(17-19-5-1-2-6-19)18-20-7-3-4-8-20/h1-16,19,27-28H,17-18H2. The molecule has 2 fully saturated rings. The summed E-state index contributed by atoms with van der Waals surface area (Å²) in [5, 5.41) is 19.5. The van der Waals surface area contributed by atoms with Crippen molar-refractivity contribution in [2.24, 2.45) is 5.92 Å². The van der Waals surface area contributed by atoms with Crippen LogP contribution >= 0.6 is 0 Å². The predicted molar refractivity (Wildman–Crippen MR) is 113 cm³/mol. The quantitative estimate of drug-likeness (QED) is 0.704. The minimum absolute atomic E-state index is 0.257. The first-order valence-corrected chi connectivity index (χ1v) is 9.55. The van der Waals surface area contributed by atoms with Gasteiger partial charge in [0.1, 0.15) is 11.5 Å². The third-order valence-corrected chi connectivity index (χ3v) is 5.12. The fourth-order valence-electron chi connectivity index (χ4n) is 3.77. The molecule has 4 rings (SSSR count). The van der Waals surface area contributed by atoms with Crippen molar-refractivity contribution in [3.8, 4) is 11.5 Å². The molecule has 2 saturated carbocycles. The Morgan fingerprint density at radius 3 is 1.68 bits per heavy atom. The Bertz CT molecular complexity index is 722. The molecule has 0 saturated heterocycles. The van der Waals surface area contributed by atoms with Gasteiger partial charge in [0.2, 0.25) is 0 Å². The molecule has 2 heteroatoms. The lowest BCUT2D eigenvalue weighted by molar-refractivity contribution is 0.475. The molecule has 2 aliphatic rings. The van der Waals surface area contributed by atoms with Crippen molar-refractivity contribution >= 4 is 5.57 Å². The number of hydrogen-bond acceptors (Lipinski definition) is 2. The zero-order chi connectivity index (χ0) is 19.3. The molecule has 9 radical (unpaired) electrons. The number of aromatic hydroxyl groups is 2. The van der Waals surface area contributed by atoms with Crippen molar-refractivity contribution in [2.75, 3.05) is 0 Å². The van der Waals surface area contributed by atoms with E-state index in [1.165, 1.54) is 11.5 Å². The van der Waals surface area contributed by atoms with Gasteiger partial charge >= 0.3 is 0 Å². The van der Waals surface area contributed by atoms with Crippen molar-refractivity contribution in [3.05, 3.63) is 123 Å². The molecular formula is C26H23O2. The smallest absolute Gasteiger partial charge is 0.115 e. The minimum atomic E-state index is 0.257. The summed E-state index contributed by atoms with van der Waals surface area (Å²) < 4.78 is 0. The van der Waals surface area contributed by atoms with Crippen LogP contribution in [0.1, 0.15) is 24.0 Å². The summed E-state index contributed by atoms with van der Waals surface area (Å²) in [5.41, 5.74) is 4.63. The number of allylic oxidation sites excluding steroid dienone is 1. The Morgan fingerprint density at radius 1 is 0.679 bits per heavy atom. The highest BCUT2D eigenvalue weighted by Gasteiger charge is 2.25. The highest BCUT2D eigenvalue weighted by atomic mass is 16.3. The molecule has 2 aromatic rings. The molecule has 2 aliphatic carbocycles. The van der Waals surface area contributed by atoms with Gasteiger partial charge < -0.3 is 10.2 Å². The number of benzene rings is 2. The van der Waals surface area contributed by atoms with Crippen molar-refractivity contribution in [1.82, 2.24) is 0 Å². The largest absolute Gasteiger partial charge is 0.508 e. The fourth-order valence-corrected chi connectivity index (χ4v) is 3.77. The maximum absolute atomic E-state index is 9.75. The van der Waals surface area contributed by atoms with Crippen LogP contribution in [0, 0.1) is 63.2 Å². The highest BCUT2D eigenvalue weighted by Crippen LogP contribution is 2.40. The molecule has 0 unspecified atom stereocenters. The molecule has 2 nitrogen and oxygen atoms in total. The lowest BCUT2D eigenvalue weighted by Crippen LogP contribution is -2.05. The summed E-state index contributed by atoms with van der Waals surface area (Å²) in [6, 6.07) is 14.8. The topological polar surface area (TPSA) is 40.5 Å². The normalized spacial score (nSPS) is 17.9. The van der Waals surface area contributed by atoms with Crippen LogP contribution in [0.2, 0.25) is 0 Å². The van der Waals surface area contributed by atoms with Gasteiger partial charge in [0.05, 0.1) is 0 Å². The van der Waals surface area contributed by atoms with Gasteiger partial charge in [0, 0.05) is 0 Å². The van der Waals surface area contributed by atoms with Gasteiger partial charge in [-0.05, 0) is 117 Å². The predicted octanol–water partition coefficient (Wildman–Crippen LogP) is 5.53. The lowest BCUT2D eigenvalue weighted by atomic mass is 9.83. The van der Waals surface area contributed by atoms with Crippen LogP contribution in [0.4, 0.5) is 0 Å². The molecule has 139 valence electrons. The van der Waals surface area contributed by atoms with Crippen LogP contribution in [-0.4, -0.2) is 10.2 Å². The van der Waals surface area contributed by atoms with Crippen LogP contribution in [-0.2, 0) is 0 Å². The van der Waals surface area contributed by atoms with E-state index in [4.69, 9.17) is 0 Å². The third-order valence-electron chi connectivity index (χ3n) is 5.12. The second kappa shape index (κ2) is 8.86. The first-order chi connectivity index (χ1) is 13.7.